The Labute approximate surface area is 96.3 Å². The van der Waals surface area contributed by atoms with E-state index in [4.69, 9.17) is 9.52 Å². The minimum absolute atomic E-state index is 0.147. The van der Waals surface area contributed by atoms with E-state index in [1.165, 1.54) is 12.3 Å². The van der Waals surface area contributed by atoms with Crippen LogP contribution in [-0.2, 0) is 17.3 Å². The first-order valence-electron chi connectivity index (χ1n) is 5.00. The highest BCUT2D eigenvalue weighted by molar-refractivity contribution is 7.84. The molecule has 0 aliphatic carbocycles. The molecule has 0 fully saturated rings. The van der Waals surface area contributed by atoms with Gasteiger partial charge in [-0.2, -0.15) is 0 Å². The zero-order valence-electron chi connectivity index (χ0n) is 9.06. The zero-order valence-corrected chi connectivity index (χ0v) is 9.88. The van der Waals surface area contributed by atoms with E-state index in [9.17, 15) is 9.00 Å². The van der Waals surface area contributed by atoms with Crippen molar-refractivity contribution in [3.8, 4) is 0 Å². The second-order valence-electron chi connectivity index (χ2n) is 3.22. The standard InChI is InChI=1S/C10H15NO4S/c1-2-16(14)4-3-11-6-9-5-8(7-15-9)10(12)13/h5,7,11H,2-4,6H2,1H3,(H,12,13). The third-order valence-electron chi connectivity index (χ3n) is 2.03. The molecule has 1 atom stereocenters. The van der Waals surface area contributed by atoms with Gasteiger partial charge < -0.3 is 14.8 Å². The fourth-order valence-electron chi connectivity index (χ4n) is 1.13. The van der Waals surface area contributed by atoms with Gasteiger partial charge in [-0.15, -0.1) is 0 Å². The highest BCUT2D eigenvalue weighted by atomic mass is 32.2. The van der Waals surface area contributed by atoms with Crippen LogP contribution in [-0.4, -0.2) is 33.3 Å². The molecule has 5 nitrogen and oxygen atoms in total. The van der Waals surface area contributed by atoms with Gasteiger partial charge in [-0.05, 0) is 6.07 Å². The Balaban J connectivity index is 2.27. The summed E-state index contributed by atoms with van der Waals surface area (Å²) in [5, 5.41) is 11.7. The summed E-state index contributed by atoms with van der Waals surface area (Å²) in [4.78, 5) is 10.6. The maximum Gasteiger partial charge on any atom is 0.338 e. The van der Waals surface area contributed by atoms with Crippen molar-refractivity contribution in [3.63, 3.8) is 0 Å². The number of aromatic carboxylic acids is 1. The minimum atomic E-state index is -0.998. The largest absolute Gasteiger partial charge is 0.478 e. The van der Waals surface area contributed by atoms with Crippen molar-refractivity contribution in [3.05, 3.63) is 23.7 Å². The lowest BCUT2D eigenvalue weighted by molar-refractivity contribution is 0.0696. The van der Waals surface area contributed by atoms with Crippen molar-refractivity contribution in [2.24, 2.45) is 0 Å². The molecule has 0 amide bonds. The van der Waals surface area contributed by atoms with Gasteiger partial charge in [0.25, 0.3) is 0 Å². The predicted molar refractivity (Wildman–Crippen MR) is 60.9 cm³/mol. The van der Waals surface area contributed by atoms with E-state index >= 15 is 0 Å². The molecule has 16 heavy (non-hydrogen) atoms. The summed E-state index contributed by atoms with van der Waals surface area (Å²) in [6, 6.07) is 1.48. The normalized spacial score (nSPS) is 12.6. The van der Waals surface area contributed by atoms with Crippen molar-refractivity contribution < 1.29 is 18.5 Å². The van der Waals surface area contributed by atoms with E-state index in [-0.39, 0.29) is 5.56 Å². The van der Waals surface area contributed by atoms with Gasteiger partial charge in [0.15, 0.2) is 0 Å². The van der Waals surface area contributed by atoms with Gasteiger partial charge in [0.05, 0.1) is 12.1 Å². The Morgan fingerprint density at radius 2 is 2.38 bits per heavy atom. The van der Waals surface area contributed by atoms with Gasteiger partial charge in [-0.25, -0.2) is 4.79 Å². The molecule has 1 rings (SSSR count). The molecule has 2 N–H and O–H groups in total. The number of furan rings is 1. The number of hydrogen-bond acceptors (Lipinski definition) is 4. The maximum atomic E-state index is 11.1. The van der Waals surface area contributed by atoms with Crippen LogP contribution in [0.25, 0.3) is 0 Å². The number of carboxylic acid groups (broad SMARTS) is 1. The van der Waals surface area contributed by atoms with Crippen LogP contribution in [0.15, 0.2) is 16.7 Å². The lowest BCUT2D eigenvalue weighted by atomic mass is 10.3. The molecule has 1 unspecified atom stereocenters. The SMILES string of the molecule is CCS(=O)CCNCc1cc(C(=O)O)co1. The summed E-state index contributed by atoms with van der Waals surface area (Å²) >= 11 is 0. The summed E-state index contributed by atoms with van der Waals surface area (Å²) in [7, 11) is -0.774. The van der Waals surface area contributed by atoms with Gasteiger partial charge in [0, 0.05) is 28.9 Å². The molecule has 0 aromatic carbocycles. The molecule has 1 heterocycles. The van der Waals surface area contributed by atoms with Crippen LogP contribution in [0.3, 0.4) is 0 Å². The zero-order chi connectivity index (χ0) is 12.0. The van der Waals surface area contributed by atoms with E-state index in [2.05, 4.69) is 5.32 Å². The van der Waals surface area contributed by atoms with Crippen LogP contribution < -0.4 is 5.32 Å². The number of rotatable bonds is 7. The molecule has 0 radical (unpaired) electrons. The molecule has 0 spiro atoms. The lowest BCUT2D eigenvalue weighted by Crippen LogP contribution is -2.20. The molecule has 0 aliphatic rings. The first-order valence-corrected chi connectivity index (χ1v) is 6.48. The predicted octanol–water partition coefficient (Wildman–Crippen LogP) is 0.836. The molecule has 0 saturated heterocycles. The first kappa shape index (κ1) is 12.9. The highest BCUT2D eigenvalue weighted by Gasteiger charge is 2.07. The maximum absolute atomic E-state index is 11.1. The number of nitrogens with one attached hydrogen (secondary N) is 1. The molecule has 0 bridgehead atoms. The van der Waals surface area contributed by atoms with E-state index in [1.807, 2.05) is 6.92 Å². The van der Waals surface area contributed by atoms with Crippen LogP contribution >= 0.6 is 0 Å². The van der Waals surface area contributed by atoms with E-state index in [0.717, 1.165) is 0 Å². The highest BCUT2D eigenvalue weighted by Crippen LogP contribution is 2.07. The smallest absolute Gasteiger partial charge is 0.338 e. The fraction of sp³-hybridized carbons (Fsp3) is 0.500. The summed E-state index contributed by atoms with van der Waals surface area (Å²) < 4.78 is 16.1. The Morgan fingerprint density at radius 1 is 1.62 bits per heavy atom. The van der Waals surface area contributed by atoms with Crippen LogP contribution in [0, 0.1) is 0 Å². The molecule has 90 valence electrons. The van der Waals surface area contributed by atoms with Crippen molar-refractivity contribution in [2.75, 3.05) is 18.1 Å². The average Bonchev–Trinajstić information content (AvgIpc) is 2.72. The summed E-state index contributed by atoms with van der Waals surface area (Å²) in [6.45, 7) is 2.96. The van der Waals surface area contributed by atoms with E-state index < -0.39 is 16.8 Å². The molecule has 0 saturated carbocycles. The topological polar surface area (TPSA) is 79.5 Å². The summed E-state index contributed by atoms with van der Waals surface area (Å²) in [5.41, 5.74) is 0.147. The van der Waals surface area contributed by atoms with Gasteiger partial charge in [0.2, 0.25) is 0 Å². The van der Waals surface area contributed by atoms with Gasteiger partial charge in [-0.1, -0.05) is 6.92 Å². The molecule has 1 aromatic rings. The Bertz CT molecular complexity index is 375. The number of carbonyl (C=O) groups is 1. The van der Waals surface area contributed by atoms with Crippen molar-refractivity contribution in [1.82, 2.24) is 5.32 Å². The summed E-state index contributed by atoms with van der Waals surface area (Å²) in [6.07, 6.45) is 1.21. The van der Waals surface area contributed by atoms with Crippen molar-refractivity contribution in [2.45, 2.75) is 13.5 Å². The molecule has 0 aliphatic heterocycles. The quantitative estimate of drug-likeness (QED) is 0.696. The third-order valence-corrected chi connectivity index (χ3v) is 3.33. The van der Waals surface area contributed by atoms with Crippen LogP contribution in [0.1, 0.15) is 23.0 Å². The third kappa shape index (κ3) is 4.16. The lowest BCUT2D eigenvalue weighted by Gasteiger charge is -2.01. The van der Waals surface area contributed by atoms with Gasteiger partial charge in [0.1, 0.15) is 12.0 Å². The minimum Gasteiger partial charge on any atom is -0.478 e. The summed E-state index contributed by atoms with van der Waals surface area (Å²) in [5.74, 6) is 0.830. The molecule has 6 heteroatoms. The fourth-order valence-corrected chi connectivity index (χ4v) is 1.79. The number of carboxylic acids is 1. The van der Waals surface area contributed by atoms with Crippen LogP contribution in [0.5, 0.6) is 0 Å². The monoisotopic (exact) mass is 245 g/mol. The van der Waals surface area contributed by atoms with Crippen LogP contribution in [0.4, 0.5) is 0 Å². The Hall–Kier alpha value is -1.14. The Morgan fingerprint density at radius 3 is 2.94 bits per heavy atom. The van der Waals surface area contributed by atoms with Crippen molar-refractivity contribution >= 4 is 16.8 Å². The molecular formula is C10H15NO4S. The van der Waals surface area contributed by atoms with Gasteiger partial charge in [-0.3, -0.25) is 4.21 Å². The van der Waals surface area contributed by atoms with Gasteiger partial charge >= 0.3 is 5.97 Å². The van der Waals surface area contributed by atoms with Crippen molar-refractivity contribution in [1.29, 1.82) is 0 Å². The van der Waals surface area contributed by atoms with Crippen LogP contribution in [0.2, 0.25) is 0 Å². The number of hydrogen-bond donors (Lipinski definition) is 2. The second kappa shape index (κ2) is 6.44. The first-order chi connectivity index (χ1) is 7.63. The van der Waals surface area contributed by atoms with E-state index in [1.54, 1.807) is 0 Å². The second-order valence-corrected chi connectivity index (χ2v) is 5.08. The average molecular weight is 245 g/mol. The molecular weight excluding hydrogens is 230 g/mol. The molecule has 1 aromatic heterocycles. The Kier molecular flexibility index (Phi) is 5.21. The van der Waals surface area contributed by atoms with E-state index in [0.29, 0.717) is 30.4 Å².